The number of fused-ring (bicyclic) bond motifs is 2. The highest BCUT2D eigenvalue weighted by Crippen LogP contribution is 2.73. The number of nitrogens with zero attached hydrogens (tertiary/aromatic N) is 6. The maximum Gasteiger partial charge on any atom is 0.479 e. The largest absolute Gasteiger partial charge is 0.479 e. The molecule has 2 aromatic carbocycles. The van der Waals surface area contributed by atoms with Gasteiger partial charge in [0.25, 0.3) is 15.7 Å². The van der Waals surface area contributed by atoms with Crippen molar-refractivity contribution in [1.29, 1.82) is 0 Å². The molecule has 6 unspecified atom stereocenters. The maximum absolute atomic E-state index is 12.9. The Kier molecular flexibility index (Phi) is 25.9. The van der Waals surface area contributed by atoms with Crippen molar-refractivity contribution in [2.75, 3.05) is 55.9 Å². The predicted octanol–water partition coefficient (Wildman–Crippen LogP) is 7.63. The number of hydrogen-bond acceptors (Lipinski definition) is 22. The maximum atomic E-state index is 12.9. The number of carbonyl (C=O) groups is 2. The van der Waals surface area contributed by atoms with Crippen molar-refractivity contribution in [2.24, 2.45) is 5.11 Å². The van der Waals surface area contributed by atoms with Crippen molar-refractivity contribution in [2.45, 2.75) is 112 Å². The second kappa shape index (κ2) is 31.5. The molecule has 0 saturated carbocycles. The Bertz CT molecular complexity index is 3640. The third-order valence-electron chi connectivity index (χ3n) is 13.6. The van der Waals surface area contributed by atoms with E-state index >= 15 is 0 Å². The number of phosphoric acid groups is 2. The van der Waals surface area contributed by atoms with Crippen LogP contribution in [0.5, 0.6) is 0 Å². The van der Waals surface area contributed by atoms with Crippen LogP contribution in [0.15, 0.2) is 91.0 Å². The van der Waals surface area contributed by atoms with Crippen LogP contribution < -0.4 is 26.8 Å². The summed E-state index contributed by atoms with van der Waals surface area (Å²) in [5, 5.41) is 21.5. The van der Waals surface area contributed by atoms with E-state index in [0.717, 1.165) is 74.5 Å². The molecule has 0 radical (unpaired) electrons. The smallest absolute Gasteiger partial charge is 0.369 e. The van der Waals surface area contributed by atoms with Gasteiger partial charge in [-0.1, -0.05) is 63.5 Å². The van der Waals surface area contributed by atoms with Gasteiger partial charge in [0.1, 0.15) is 31.2 Å². The Morgan fingerprint density at radius 3 is 2.45 bits per heavy atom. The number of rotatable bonds is 32. The molecule has 3 aliphatic rings. The van der Waals surface area contributed by atoms with Gasteiger partial charge >= 0.3 is 28.6 Å². The summed E-state index contributed by atoms with van der Waals surface area (Å²) in [5.41, 5.74) is 11.3. The lowest BCUT2D eigenvalue weighted by Gasteiger charge is -2.25. The molecule has 0 bridgehead atoms. The average Bonchev–Trinajstić information content (AvgIpc) is 2.62. The van der Waals surface area contributed by atoms with E-state index in [1.807, 2.05) is 51.1 Å². The minimum atomic E-state index is -5.44. The normalized spacial score (nSPS) is 19.7. The second-order valence-corrected chi connectivity index (χ2v) is 31.6. The zero-order valence-electron chi connectivity index (χ0n) is 47.4. The predicted molar refractivity (Wildman–Crippen MR) is 326 cm³/mol. The Morgan fingerprint density at radius 1 is 1.01 bits per heavy atom. The summed E-state index contributed by atoms with van der Waals surface area (Å²) in [6.45, 7) is 10.4. The van der Waals surface area contributed by atoms with E-state index in [1.165, 1.54) is 42.6 Å². The fourth-order valence-corrected chi connectivity index (χ4v) is 17.9. The van der Waals surface area contributed by atoms with Crippen LogP contribution in [-0.4, -0.2) is 128 Å². The number of amides is 2. The lowest BCUT2D eigenvalue weighted by molar-refractivity contribution is -0.438. The first-order valence-electron chi connectivity index (χ1n) is 26.4. The summed E-state index contributed by atoms with van der Waals surface area (Å²) < 4.78 is 102. The minimum Gasteiger partial charge on any atom is -0.369 e. The lowest BCUT2D eigenvalue weighted by Crippen LogP contribution is -2.34. The zero-order valence-corrected chi connectivity index (χ0v) is 54.5. The monoisotopic (exact) mass is 1370 g/mol. The molecule has 4 heterocycles. The van der Waals surface area contributed by atoms with Crippen LogP contribution in [0.3, 0.4) is 0 Å². The summed E-state index contributed by atoms with van der Waals surface area (Å²) >= 11 is 0.876. The third-order valence-corrected chi connectivity index (χ3v) is 23.1. The number of phosphoric ester groups is 1. The second-order valence-electron chi connectivity index (χ2n) is 20.2. The van der Waals surface area contributed by atoms with Crippen molar-refractivity contribution in [1.82, 2.24) is 20.2 Å². The quantitative estimate of drug-likeness (QED) is 0.00242. The number of H-pyrrole nitrogens is 1. The van der Waals surface area contributed by atoms with Gasteiger partial charge in [-0.3, -0.25) is 37.6 Å². The van der Waals surface area contributed by atoms with Gasteiger partial charge in [-0.25, -0.2) is 27.8 Å². The molecule has 1 fully saturated rings. The molecule has 8 N–H and O–H groups in total. The molecule has 3 aromatic rings. The zero-order chi connectivity index (χ0) is 64.0. The molecule has 1 aromatic heterocycles. The van der Waals surface area contributed by atoms with E-state index in [2.05, 4.69) is 80.5 Å². The highest BCUT2D eigenvalue weighted by Gasteiger charge is 2.46. The number of nitrogens with one attached hydrogen (secondary N) is 3. The number of aromatic amines is 1. The molecule has 0 aliphatic carbocycles. The number of carbonyl (C=O) groups excluding carboxylic acids is 2. The number of hydrogen-bond donors (Lipinski definition) is 8. The molecule has 0 spiro atoms. The van der Waals surface area contributed by atoms with E-state index in [0.29, 0.717) is 44.0 Å². The van der Waals surface area contributed by atoms with Gasteiger partial charge < -0.3 is 39.7 Å². The highest BCUT2D eigenvalue weighted by atomic mass is 33.1. The molecular formula is C49H66N9O21P4S4+. The Labute approximate surface area is 514 Å². The summed E-state index contributed by atoms with van der Waals surface area (Å²) in [6, 6.07) is 10.5. The molecule has 6 atom stereocenters. The van der Waals surface area contributed by atoms with E-state index < -0.39 is 86.9 Å². The summed E-state index contributed by atoms with van der Waals surface area (Å²) in [7, 11) is -15.9. The van der Waals surface area contributed by atoms with Crippen molar-refractivity contribution >= 4 is 105 Å². The SMILES string of the molecule is CCN1/C(=C/C=C/C2=[N+](CCCCCC(=O)NCCSSCCC(=O)NCC#Cc3cn(C4CC(OCN=[N+]=[N-])C(COP(=O)(O)OP(=O)(P)OP(=O)(O)O)O4)c(=O)[nH]c3=O)c3ccc(SOOO)cc3C2(C)C)C(C)(C)c2cc(S(=O)(=O)O)ccc21. The first-order chi connectivity index (χ1) is 40.9. The topological polar surface area (TPSA) is 419 Å². The van der Waals surface area contributed by atoms with Crippen LogP contribution in [-0.2, 0) is 76.2 Å². The Morgan fingerprint density at radius 2 is 1.75 bits per heavy atom. The fraction of sp³-hybridized carbons (Fsp3) is 0.490. The minimum absolute atomic E-state index is 0.0770. The lowest BCUT2D eigenvalue weighted by atomic mass is 9.81. The van der Waals surface area contributed by atoms with Crippen LogP contribution >= 0.6 is 65.5 Å². The highest BCUT2D eigenvalue weighted by molar-refractivity contribution is 8.76. The van der Waals surface area contributed by atoms with Crippen LogP contribution in [0.1, 0.15) is 96.1 Å². The van der Waals surface area contributed by atoms with Crippen LogP contribution in [0.4, 0.5) is 11.4 Å². The first-order valence-corrected chi connectivity index (χ1v) is 37.2. The van der Waals surface area contributed by atoms with Crippen molar-refractivity contribution in [3.05, 3.63) is 114 Å². The molecular weight excluding hydrogens is 1300 g/mol. The van der Waals surface area contributed by atoms with Gasteiger partial charge in [-0.2, -0.15) is 13.0 Å². The standard InChI is InChI=1S/C49H65N9O21P4S4/c1-6-56-37-19-17-34(87(70,71)72)27-36(37)49(4,5)41(56)13-10-14-42-48(2,3)35-26-33(86-77-76-63)16-18-38(35)57(42)23-9-7-8-15-43(59)52-22-25-85-84-24-20-44(60)51-21-11-12-32-29-58(47(62)54-46(32)61)45-28-39(73-31-53-55-50)40(75-45)30-74-82(67,68)79-83(69,80)78-81(64,65)66/h10,13-14,16-19,26-27,29,39-40,45H,6-9,15,20-25,28,30-31,80H2,1-5H3,(H7-,51,52,54,59,60,61,62,63,64,65,66,67,68,70,71,72)/p+1. The number of unbranched alkanes of at least 4 members (excludes halogenated alkanes) is 2. The fourth-order valence-electron chi connectivity index (χ4n) is 9.70. The van der Waals surface area contributed by atoms with Crippen LogP contribution in [0.25, 0.3) is 10.4 Å². The summed E-state index contributed by atoms with van der Waals surface area (Å²) in [4.78, 5) is 86.1. The van der Waals surface area contributed by atoms with E-state index in [-0.39, 0.29) is 41.7 Å². The molecule has 1 saturated heterocycles. The molecule has 6 rings (SSSR count). The van der Waals surface area contributed by atoms with Gasteiger partial charge in [0.05, 0.1) is 41.6 Å². The van der Waals surface area contributed by atoms with Crippen LogP contribution in [0.2, 0.25) is 0 Å². The number of allylic oxidation sites excluding steroid dienone is 4. The third kappa shape index (κ3) is 20.3. The molecule has 87 heavy (non-hydrogen) atoms. The molecule has 38 heteroatoms. The number of likely N-dealkylation sites (N-methyl/N-ethyl adjacent to an activating group) is 1. The molecule has 30 nitrogen and oxygen atoms in total. The van der Waals surface area contributed by atoms with E-state index in [4.69, 9.17) is 38.9 Å². The summed E-state index contributed by atoms with van der Waals surface area (Å²) in [6.07, 6.45) is 6.04. The van der Waals surface area contributed by atoms with Gasteiger partial charge in [0.2, 0.25) is 17.5 Å². The van der Waals surface area contributed by atoms with E-state index in [1.54, 1.807) is 6.07 Å². The van der Waals surface area contributed by atoms with Crippen molar-refractivity contribution < 1.29 is 92.8 Å². The van der Waals surface area contributed by atoms with Gasteiger partial charge in [-0.15, -0.1) is 4.33 Å². The number of aromatic nitrogens is 2. The number of azide groups is 1. The van der Waals surface area contributed by atoms with Gasteiger partial charge in [0, 0.05) is 101 Å². The molecule has 3 aliphatic heterocycles. The first kappa shape index (κ1) is 71.6. The Hall–Kier alpha value is -4.48. The number of ether oxygens (including phenoxy) is 2. The molecule has 476 valence electrons. The van der Waals surface area contributed by atoms with Gasteiger partial charge in [-0.05, 0) is 90.0 Å². The van der Waals surface area contributed by atoms with Crippen molar-refractivity contribution in [3.8, 4) is 11.8 Å². The average molecular weight is 1370 g/mol. The van der Waals surface area contributed by atoms with E-state index in [9.17, 15) is 50.7 Å². The van der Waals surface area contributed by atoms with Gasteiger partial charge in [0.15, 0.2) is 5.71 Å². The molecule has 2 amide bonds. The van der Waals surface area contributed by atoms with Crippen molar-refractivity contribution in [3.63, 3.8) is 0 Å². The van der Waals surface area contributed by atoms with Crippen LogP contribution in [0, 0.1) is 11.8 Å². The number of benzene rings is 2. The Balaban J connectivity index is 0.927. The number of anilines is 1. The summed E-state index contributed by atoms with van der Waals surface area (Å²) in [5.74, 6) is 5.85.